The molecule has 134 valence electrons. The van der Waals surface area contributed by atoms with Gasteiger partial charge in [0.1, 0.15) is 5.15 Å². The summed E-state index contributed by atoms with van der Waals surface area (Å²) in [4.78, 5) is 21.4. The van der Waals surface area contributed by atoms with Gasteiger partial charge < -0.3 is 10.1 Å². The number of aromatic nitrogens is 2. The Hall–Kier alpha value is -1.69. The Balaban J connectivity index is 1.45. The first-order chi connectivity index (χ1) is 12.5. The number of hydrogen-bond acceptors (Lipinski definition) is 4. The van der Waals surface area contributed by atoms with E-state index < -0.39 is 0 Å². The lowest BCUT2D eigenvalue weighted by Gasteiger charge is -2.27. The van der Waals surface area contributed by atoms with Crippen molar-refractivity contribution in [2.45, 2.75) is 31.5 Å². The van der Waals surface area contributed by atoms with Gasteiger partial charge >= 0.3 is 0 Å². The summed E-state index contributed by atoms with van der Waals surface area (Å²) >= 11 is 11.9. The maximum absolute atomic E-state index is 13.1. The highest BCUT2D eigenvalue weighted by molar-refractivity contribution is 6.41. The molecule has 1 saturated carbocycles. The van der Waals surface area contributed by atoms with Crippen LogP contribution in [0.5, 0.6) is 0 Å². The number of halogens is 2. The Labute approximate surface area is 161 Å². The van der Waals surface area contributed by atoms with E-state index >= 15 is 0 Å². The smallest absolute Gasteiger partial charge is 0.230 e. The van der Waals surface area contributed by atoms with E-state index in [0.717, 1.165) is 17.7 Å². The third-order valence-corrected chi connectivity index (χ3v) is 6.50. The van der Waals surface area contributed by atoms with E-state index in [4.69, 9.17) is 27.9 Å². The number of anilines is 1. The summed E-state index contributed by atoms with van der Waals surface area (Å²) in [5.41, 5.74) is 2.62. The SMILES string of the molecule is Cc1cc([C@H]2[C@H]3O[C@H]([C@@H]4C[C@@H]43)[C@H]2C(=O)Nc2cnc(Cl)c(Cl)c2)ccn1. The Kier molecular flexibility index (Phi) is 3.75. The van der Waals surface area contributed by atoms with E-state index in [1.54, 1.807) is 12.3 Å². The zero-order valence-corrected chi connectivity index (χ0v) is 15.5. The number of pyridine rings is 2. The summed E-state index contributed by atoms with van der Waals surface area (Å²) in [6, 6.07) is 5.68. The van der Waals surface area contributed by atoms with Crippen LogP contribution >= 0.6 is 23.2 Å². The molecule has 0 aromatic carbocycles. The van der Waals surface area contributed by atoms with Gasteiger partial charge in [-0.3, -0.25) is 9.78 Å². The second kappa shape index (κ2) is 5.91. The molecule has 3 fully saturated rings. The van der Waals surface area contributed by atoms with Crippen LogP contribution in [0.25, 0.3) is 0 Å². The van der Waals surface area contributed by atoms with Gasteiger partial charge in [0.2, 0.25) is 5.91 Å². The minimum absolute atomic E-state index is 0.0146. The summed E-state index contributed by atoms with van der Waals surface area (Å²) in [6.07, 6.45) is 4.59. The van der Waals surface area contributed by atoms with Gasteiger partial charge in [-0.1, -0.05) is 23.2 Å². The van der Waals surface area contributed by atoms with E-state index in [-0.39, 0.29) is 35.1 Å². The number of amides is 1. The first kappa shape index (κ1) is 16.5. The second-order valence-corrected chi connectivity index (χ2v) is 8.16. The maximum Gasteiger partial charge on any atom is 0.230 e. The average Bonchev–Trinajstić information content (AvgIpc) is 3.22. The lowest BCUT2D eigenvalue weighted by molar-refractivity contribution is -0.122. The normalized spacial score (nSPS) is 33.8. The molecule has 2 aromatic rings. The number of hydrogen-bond donors (Lipinski definition) is 1. The fourth-order valence-electron chi connectivity index (χ4n) is 4.68. The predicted molar refractivity (Wildman–Crippen MR) is 98.3 cm³/mol. The minimum Gasteiger partial charge on any atom is -0.373 e. The molecule has 1 N–H and O–H groups in total. The molecule has 2 bridgehead atoms. The summed E-state index contributed by atoms with van der Waals surface area (Å²) in [5, 5.41) is 3.49. The fraction of sp³-hybridized carbons (Fsp3) is 0.421. The molecule has 6 atom stereocenters. The molecule has 1 amide bonds. The molecule has 2 aliphatic heterocycles. The Morgan fingerprint density at radius 1 is 1.23 bits per heavy atom. The van der Waals surface area contributed by atoms with Crippen LogP contribution in [-0.2, 0) is 9.53 Å². The van der Waals surface area contributed by atoms with E-state index in [1.165, 1.54) is 6.20 Å². The topological polar surface area (TPSA) is 64.1 Å². The van der Waals surface area contributed by atoms with E-state index in [0.29, 0.717) is 22.5 Å². The number of carbonyl (C=O) groups excluding carboxylic acids is 1. The molecule has 0 unspecified atom stereocenters. The van der Waals surface area contributed by atoms with Crippen molar-refractivity contribution in [1.82, 2.24) is 9.97 Å². The molecule has 1 aliphatic carbocycles. The zero-order chi connectivity index (χ0) is 18.0. The molecule has 4 heterocycles. The molecular formula is C19H17Cl2N3O2. The number of rotatable bonds is 3. The minimum atomic E-state index is -0.222. The summed E-state index contributed by atoms with van der Waals surface area (Å²) < 4.78 is 6.21. The van der Waals surface area contributed by atoms with Crippen LogP contribution in [0.3, 0.4) is 0 Å². The molecule has 5 rings (SSSR count). The molecule has 0 spiro atoms. The van der Waals surface area contributed by atoms with Gasteiger partial charge in [0.05, 0.1) is 35.0 Å². The fourth-order valence-corrected chi connectivity index (χ4v) is 4.95. The summed E-state index contributed by atoms with van der Waals surface area (Å²) in [5.74, 6) is 0.889. The molecule has 2 saturated heterocycles. The Morgan fingerprint density at radius 3 is 2.81 bits per heavy atom. The van der Waals surface area contributed by atoms with Crippen LogP contribution in [0, 0.1) is 24.7 Å². The lowest BCUT2D eigenvalue weighted by atomic mass is 9.75. The number of aryl methyl sites for hydroxylation is 1. The van der Waals surface area contributed by atoms with Crippen molar-refractivity contribution in [2.24, 2.45) is 17.8 Å². The Morgan fingerprint density at radius 2 is 2.04 bits per heavy atom. The number of carbonyl (C=O) groups is 1. The maximum atomic E-state index is 13.1. The van der Waals surface area contributed by atoms with Crippen molar-refractivity contribution in [3.05, 3.63) is 52.0 Å². The number of nitrogens with one attached hydrogen (secondary N) is 1. The highest BCUT2D eigenvalue weighted by Gasteiger charge is 2.68. The van der Waals surface area contributed by atoms with Crippen molar-refractivity contribution < 1.29 is 9.53 Å². The summed E-state index contributed by atoms with van der Waals surface area (Å²) in [6.45, 7) is 1.97. The largest absolute Gasteiger partial charge is 0.373 e. The summed E-state index contributed by atoms with van der Waals surface area (Å²) in [7, 11) is 0. The van der Waals surface area contributed by atoms with Crippen LogP contribution in [0.2, 0.25) is 10.2 Å². The van der Waals surface area contributed by atoms with Gasteiger partial charge in [-0.25, -0.2) is 4.98 Å². The number of nitrogens with zero attached hydrogens (tertiary/aromatic N) is 2. The van der Waals surface area contributed by atoms with Crippen molar-refractivity contribution in [3.8, 4) is 0 Å². The molecule has 5 nitrogen and oxygen atoms in total. The lowest BCUT2D eigenvalue weighted by Crippen LogP contribution is -2.37. The predicted octanol–water partition coefficient (Wildman–Crippen LogP) is 3.85. The molecule has 0 radical (unpaired) electrons. The number of ether oxygens (including phenoxy) is 1. The van der Waals surface area contributed by atoms with Crippen LogP contribution in [0.1, 0.15) is 23.6 Å². The van der Waals surface area contributed by atoms with Gasteiger partial charge in [-0.2, -0.15) is 0 Å². The highest BCUT2D eigenvalue weighted by atomic mass is 35.5. The van der Waals surface area contributed by atoms with Crippen molar-refractivity contribution in [3.63, 3.8) is 0 Å². The van der Waals surface area contributed by atoms with Gasteiger partial charge in [0, 0.05) is 17.8 Å². The third kappa shape index (κ3) is 2.53. The van der Waals surface area contributed by atoms with E-state index in [2.05, 4.69) is 21.4 Å². The monoisotopic (exact) mass is 389 g/mol. The van der Waals surface area contributed by atoms with Crippen molar-refractivity contribution in [1.29, 1.82) is 0 Å². The third-order valence-electron chi connectivity index (χ3n) is 5.82. The molecular weight excluding hydrogens is 373 g/mol. The van der Waals surface area contributed by atoms with Gasteiger partial charge in [0.15, 0.2) is 0 Å². The first-order valence-electron chi connectivity index (χ1n) is 8.73. The zero-order valence-electron chi connectivity index (χ0n) is 14.0. The average molecular weight is 390 g/mol. The van der Waals surface area contributed by atoms with Crippen LogP contribution < -0.4 is 5.32 Å². The van der Waals surface area contributed by atoms with Gasteiger partial charge in [0.25, 0.3) is 0 Å². The Bertz CT molecular complexity index is 906. The standard InChI is InChI=1S/C19H17Cl2N3O2/c1-8-4-9(2-3-22-8)14-15(17-12-6-11(12)16(14)26-17)19(25)24-10-5-13(20)18(21)23-7-10/h2-5,7,11-12,14-17H,6H2,1H3,(H,24,25)/t11-,12+,14+,15-,16-,17+/m0/s1. The second-order valence-electron chi connectivity index (χ2n) is 7.40. The van der Waals surface area contributed by atoms with Crippen LogP contribution in [0.15, 0.2) is 30.6 Å². The quantitative estimate of drug-likeness (QED) is 0.809. The first-order valence-corrected chi connectivity index (χ1v) is 9.48. The molecule has 2 aromatic heterocycles. The van der Waals surface area contributed by atoms with E-state index in [9.17, 15) is 4.79 Å². The molecule has 7 heteroatoms. The number of fused-ring (bicyclic) bond motifs is 5. The van der Waals surface area contributed by atoms with Gasteiger partial charge in [-0.15, -0.1) is 0 Å². The van der Waals surface area contributed by atoms with Crippen molar-refractivity contribution in [2.75, 3.05) is 5.32 Å². The van der Waals surface area contributed by atoms with Gasteiger partial charge in [-0.05, 0) is 48.9 Å². The highest BCUT2D eigenvalue weighted by Crippen LogP contribution is 2.65. The van der Waals surface area contributed by atoms with Crippen molar-refractivity contribution >= 4 is 34.8 Å². The van der Waals surface area contributed by atoms with E-state index in [1.807, 2.05) is 13.0 Å². The molecule has 3 aliphatic rings. The van der Waals surface area contributed by atoms with Crippen LogP contribution in [-0.4, -0.2) is 28.1 Å². The van der Waals surface area contributed by atoms with Crippen LogP contribution in [0.4, 0.5) is 5.69 Å². The molecule has 26 heavy (non-hydrogen) atoms.